The quantitative estimate of drug-likeness (QED) is 0.566. The number of carbonyl (C=O) groups is 1. The van der Waals surface area contributed by atoms with Gasteiger partial charge in [-0.3, -0.25) is 4.79 Å². The number of benzene rings is 2. The van der Waals surface area contributed by atoms with Gasteiger partial charge in [-0.2, -0.15) is 0 Å². The molecular weight excluding hydrogens is 246 g/mol. The molecule has 0 spiro atoms. The summed E-state index contributed by atoms with van der Waals surface area (Å²) in [5.41, 5.74) is 3.29. The van der Waals surface area contributed by atoms with E-state index in [4.69, 9.17) is 0 Å². The molecule has 0 heterocycles. The van der Waals surface area contributed by atoms with Crippen molar-refractivity contribution < 1.29 is 4.79 Å². The second kappa shape index (κ2) is 6.80. The van der Waals surface area contributed by atoms with E-state index in [1.54, 1.807) is 0 Å². The zero-order valence-corrected chi connectivity index (χ0v) is 12.0. The summed E-state index contributed by atoms with van der Waals surface area (Å²) >= 11 is 0. The summed E-state index contributed by atoms with van der Waals surface area (Å²) in [5, 5.41) is 0. The lowest BCUT2D eigenvalue weighted by Crippen LogP contribution is -2.14. The van der Waals surface area contributed by atoms with Gasteiger partial charge in [0.1, 0.15) is 0 Å². The first-order chi connectivity index (χ1) is 9.72. The lowest BCUT2D eigenvalue weighted by Gasteiger charge is -2.06. The van der Waals surface area contributed by atoms with Gasteiger partial charge in [-0.1, -0.05) is 61.9 Å². The predicted molar refractivity (Wildman–Crippen MR) is 84.0 cm³/mol. The average Bonchev–Trinajstić information content (AvgIpc) is 2.49. The fraction of sp³-hybridized carbons (Fsp3) is 0.222. The van der Waals surface area contributed by atoms with Crippen molar-refractivity contribution in [2.24, 2.45) is 4.99 Å². The Morgan fingerprint density at radius 3 is 2.30 bits per heavy atom. The Hall–Kier alpha value is -2.22. The van der Waals surface area contributed by atoms with Gasteiger partial charge in [0.15, 0.2) is 0 Å². The molecule has 102 valence electrons. The normalized spacial score (nSPS) is 11.4. The smallest absolute Gasteiger partial charge is 0.207 e. The molecular formula is C18H19NO. The number of hydrogen-bond donors (Lipinski definition) is 0. The number of rotatable bonds is 5. The highest BCUT2D eigenvalue weighted by Gasteiger charge is 2.13. The molecule has 0 saturated carbocycles. The zero-order chi connectivity index (χ0) is 14.4. The van der Waals surface area contributed by atoms with Crippen LogP contribution in [0, 0.1) is 6.92 Å². The monoisotopic (exact) mass is 265 g/mol. The lowest BCUT2D eigenvalue weighted by molar-refractivity contribution is 0.106. The Labute approximate surface area is 120 Å². The van der Waals surface area contributed by atoms with Gasteiger partial charge in [0.25, 0.3) is 0 Å². The molecule has 0 aromatic heterocycles. The molecule has 0 radical (unpaired) electrons. The van der Waals surface area contributed by atoms with E-state index in [9.17, 15) is 4.79 Å². The third-order valence-electron chi connectivity index (χ3n) is 3.16. The van der Waals surface area contributed by atoms with Crippen LogP contribution >= 0.6 is 0 Å². The second-order valence-corrected chi connectivity index (χ2v) is 4.79. The number of carbonyl (C=O) groups excluding carboxylic acids is 1. The largest absolute Gasteiger partial charge is 0.287 e. The van der Waals surface area contributed by atoms with Gasteiger partial charge in [-0.25, -0.2) is 4.99 Å². The van der Waals surface area contributed by atoms with Crippen LogP contribution < -0.4 is 0 Å². The molecule has 2 nitrogen and oxygen atoms in total. The highest BCUT2D eigenvalue weighted by atomic mass is 16.1. The van der Waals surface area contributed by atoms with Crippen molar-refractivity contribution in [2.45, 2.75) is 26.7 Å². The molecule has 0 aliphatic heterocycles. The minimum absolute atomic E-state index is 0.0238. The summed E-state index contributed by atoms with van der Waals surface area (Å²) in [6.45, 7) is 4.07. The molecule has 0 fully saturated rings. The maximum atomic E-state index is 12.5. The molecule has 0 aliphatic carbocycles. The molecule has 0 bridgehead atoms. The van der Waals surface area contributed by atoms with Crippen LogP contribution in [0.25, 0.3) is 0 Å². The second-order valence-electron chi connectivity index (χ2n) is 4.79. The van der Waals surface area contributed by atoms with E-state index in [0.29, 0.717) is 17.7 Å². The molecule has 20 heavy (non-hydrogen) atoms. The zero-order valence-electron chi connectivity index (χ0n) is 12.0. The van der Waals surface area contributed by atoms with Crippen molar-refractivity contribution in [3.05, 3.63) is 65.7 Å². The van der Waals surface area contributed by atoms with Crippen molar-refractivity contribution in [3.63, 3.8) is 0 Å². The van der Waals surface area contributed by atoms with E-state index in [0.717, 1.165) is 17.7 Å². The van der Waals surface area contributed by atoms with Gasteiger partial charge in [-0.05, 0) is 25.0 Å². The van der Waals surface area contributed by atoms with E-state index in [-0.39, 0.29) is 5.78 Å². The van der Waals surface area contributed by atoms with E-state index in [2.05, 4.69) is 11.9 Å². The van der Waals surface area contributed by atoms with Gasteiger partial charge < -0.3 is 0 Å². The number of para-hydroxylation sites is 1. The Morgan fingerprint density at radius 2 is 1.65 bits per heavy atom. The molecule has 0 saturated heterocycles. The first-order valence-corrected chi connectivity index (χ1v) is 6.95. The summed E-state index contributed by atoms with van der Waals surface area (Å²) in [5.74, 6) is 0.0238. The van der Waals surface area contributed by atoms with Crippen LogP contribution in [0.4, 0.5) is 5.69 Å². The number of Topliss-reactive ketones (excluding diaryl/α,β-unsaturated/α-hetero) is 1. The number of ketones is 1. The van der Waals surface area contributed by atoms with Crippen molar-refractivity contribution in [1.29, 1.82) is 0 Å². The summed E-state index contributed by atoms with van der Waals surface area (Å²) < 4.78 is 0. The summed E-state index contributed by atoms with van der Waals surface area (Å²) in [7, 11) is 0. The molecule has 0 unspecified atom stereocenters. The van der Waals surface area contributed by atoms with E-state index < -0.39 is 0 Å². The van der Waals surface area contributed by atoms with Crippen LogP contribution in [0.3, 0.4) is 0 Å². The topological polar surface area (TPSA) is 29.4 Å². The first kappa shape index (κ1) is 14.2. The van der Waals surface area contributed by atoms with Gasteiger partial charge >= 0.3 is 0 Å². The minimum Gasteiger partial charge on any atom is -0.287 e. The molecule has 0 atom stereocenters. The van der Waals surface area contributed by atoms with Crippen molar-refractivity contribution in [2.75, 3.05) is 0 Å². The van der Waals surface area contributed by atoms with Crippen LogP contribution in [0.15, 0.2) is 59.6 Å². The fourth-order valence-corrected chi connectivity index (χ4v) is 2.05. The molecule has 2 rings (SSSR count). The lowest BCUT2D eigenvalue weighted by atomic mass is 10.0. The van der Waals surface area contributed by atoms with Crippen LogP contribution in [0.5, 0.6) is 0 Å². The number of aliphatic imine (C=N–C) groups is 1. The Balaban J connectivity index is 2.37. The maximum Gasteiger partial charge on any atom is 0.207 e. The summed E-state index contributed by atoms with van der Waals surface area (Å²) in [6, 6.07) is 17.2. The van der Waals surface area contributed by atoms with Crippen LogP contribution in [-0.4, -0.2) is 11.5 Å². The summed E-state index contributed by atoms with van der Waals surface area (Å²) in [4.78, 5) is 17.1. The standard InChI is InChI=1S/C18H19NO/c1-3-9-17(18(20)15-11-5-4-6-12-15)19-16-13-8-7-10-14(16)2/h4-8,10-13H,3,9H2,1-2H3. The van der Waals surface area contributed by atoms with E-state index >= 15 is 0 Å². The minimum atomic E-state index is 0.0238. The van der Waals surface area contributed by atoms with Crippen molar-refractivity contribution in [3.8, 4) is 0 Å². The number of aryl methyl sites for hydroxylation is 1. The number of hydrogen-bond acceptors (Lipinski definition) is 2. The third-order valence-corrected chi connectivity index (χ3v) is 3.16. The maximum absolute atomic E-state index is 12.5. The molecule has 0 N–H and O–H groups in total. The summed E-state index contributed by atoms with van der Waals surface area (Å²) in [6.07, 6.45) is 1.60. The first-order valence-electron chi connectivity index (χ1n) is 6.95. The average molecular weight is 265 g/mol. The van der Waals surface area contributed by atoms with Gasteiger partial charge in [0.2, 0.25) is 5.78 Å². The van der Waals surface area contributed by atoms with Crippen molar-refractivity contribution >= 4 is 17.2 Å². The van der Waals surface area contributed by atoms with Gasteiger partial charge in [0.05, 0.1) is 11.4 Å². The highest BCUT2D eigenvalue weighted by molar-refractivity contribution is 6.46. The van der Waals surface area contributed by atoms with Gasteiger partial charge in [0, 0.05) is 5.56 Å². The number of nitrogens with zero attached hydrogens (tertiary/aromatic N) is 1. The van der Waals surface area contributed by atoms with Crippen LogP contribution in [0.1, 0.15) is 35.7 Å². The third kappa shape index (κ3) is 3.41. The molecule has 0 aliphatic rings. The molecule has 2 aromatic rings. The van der Waals surface area contributed by atoms with E-state index in [1.165, 1.54) is 0 Å². The van der Waals surface area contributed by atoms with Crippen LogP contribution in [-0.2, 0) is 0 Å². The Morgan fingerprint density at radius 1 is 1.00 bits per heavy atom. The highest BCUT2D eigenvalue weighted by Crippen LogP contribution is 2.19. The fourth-order valence-electron chi connectivity index (χ4n) is 2.05. The molecule has 2 aromatic carbocycles. The Kier molecular flexibility index (Phi) is 4.83. The van der Waals surface area contributed by atoms with E-state index in [1.807, 2.05) is 61.5 Å². The molecule has 2 heteroatoms. The predicted octanol–water partition coefficient (Wildman–Crippen LogP) is 4.75. The van der Waals surface area contributed by atoms with Crippen LogP contribution in [0.2, 0.25) is 0 Å². The Bertz CT molecular complexity index is 614. The van der Waals surface area contributed by atoms with Crippen molar-refractivity contribution in [1.82, 2.24) is 0 Å². The van der Waals surface area contributed by atoms with Gasteiger partial charge in [-0.15, -0.1) is 0 Å². The SMILES string of the molecule is CCCC(=Nc1ccccc1C)C(=O)c1ccccc1. The molecule has 0 amide bonds.